The molecule has 5 rings (SSSR count). The van der Waals surface area contributed by atoms with Crippen molar-refractivity contribution in [3.63, 3.8) is 0 Å². The number of aryl methyl sites for hydroxylation is 1. The van der Waals surface area contributed by atoms with Crippen molar-refractivity contribution >= 4 is 5.69 Å². The van der Waals surface area contributed by atoms with Gasteiger partial charge in [-0.15, -0.1) is 0 Å². The van der Waals surface area contributed by atoms with Crippen molar-refractivity contribution in [1.29, 1.82) is 0 Å². The summed E-state index contributed by atoms with van der Waals surface area (Å²) in [6.07, 6.45) is 6.20. The molecule has 2 aliphatic heterocycles. The lowest BCUT2D eigenvalue weighted by molar-refractivity contribution is 0.0254. The van der Waals surface area contributed by atoms with Gasteiger partial charge < -0.3 is 9.64 Å². The number of rotatable bonds is 3. The van der Waals surface area contributed by atoms with Gasteiger partial charge in [-0.1, -0.05) is 0 Å². The van der Waals surface area contributed by atoms with E-state index in [1.807, 2.05) is 24.0 Å². The van der Waals surface area contributed by atoms with E-state index in [1.54, 1.807) is 12.4 Å². The van der Waals surface area contributed by atoms with Crippen LogP contribution in [0.3, 0.4) is 0 Å². The predicted octanol–water partition coefficient (Wildman–Crippen LogP) is 4.73. The van der Waals surface area contributed by atoms with Crippen LogP contribution < -0.4 is 4.90 Å². The van der Waals surface area contributed by atoms with Gasteiger partial charge in [0.2, 0.25) is 0 Å². The van der Waals surface area contributed by atoms with E-state index in [4.69, 9.17) is 4.74 Å². The van der Waals surface area contributed by atoms with Crippen LogP contribution in [0.2, 0.25) is 0 Å². The third kappa shape index (κ3) is 3.27. The number of H-pyrrole nitrogens is 1. The second-order valence-electron chi connectivity index (χ2n) is 8.38. The summed E-state index contributed by atoms with van der Waals surface area (Å²) in [4.78, 5) is 5.90. The summed E-state index contributed by atoms with van der Waals surface area (Å²) in [5.74, 6) is -1.06. The fourth-order valence-electron chi connectivity index (χ4n) is 4.85. The van der Waals surface area contributed by atoms with E-state index in [0.717, 1.165) is 43.7 Å². The average molecular weight is 410 g/mol. The number of nitrogens with one attached hydrogen (secondary N) is 1. The second kappa shape index (κ2) is 7.47. The Morgan fingerprint density at radius 3 is 2.43 bits per heavy atom. The molecule has 1 aromatic carbocycles. The van der Waals surface area contributed by atoms with Crippen LogP contribution in [0.15, 0.2) is 36.7 Å². The van der Waals surface area contributed by atoms with Gasteiger partial charge >= 0.3 is 0 Å². The Hall–Kier alpha value is -2.80. The molecule has 2 aliphatic rings. The molecule has 1 N–H and O–H groups in total. The minimum absolute atomic E-state index is 0.0775. The molecule has 1 spiro atoms. The molecule has 7 heteroatoms. The Balaban J connectivity index is 1.50. The summed E-state index contributed by atoms with van der Waals surface area (Å²) in [7, 11) is 0. The van der Waals surface area contributed by atoms with Crippen molar-refractivity contribution in [1.82, 2.24) is 15.2 Å². The zero-order valence-electron chi connectivity index (χ0n) is 16.9. The standard InChI is InChI=1S/C23H24F2N4O/c1-15-20(21(28-27-15)16-2-7-26-8-3-16)17-12-18(24)22(19(25)13-17)29-9-4-23(14-29)5-10-30-11-6-23/h2-3,7-8,12-13H,4-6,9-11,14H2,1H3,(H,27,28). The van der Waals surface area contributed by atoms with E-state index in [2.05, 4.69) is 15.2 Å². The van der Waals surface area contributed by atoms with E-state index in [9.17, 15) is 0 Å². The van der Waals surface area contributed by atoms with Crippen molar-refractivity contribution in [2.24, 2.45) is 5.41 Å². The Morgan fingerprint density at radius 1 is 1.03 bits per heavy atom. The van der Waals surface area contributed by atoms with Gasteiger partial charge in [0.25, 0.3) is 0 Å². The minimum atomic E-state index is -0.532. The Morgan fingerprint density at radius 2 is 1.73 bits per heavy atom. The zero-order chi connectivity index (χ0) is 20.7. The van der Waals surface area contributed by atoms with Crippen molar-refractivity contribution in [3.8, 4) is 22.4 Å². The Labute approximate surface area is 174 Å². The van der Waals surface area contributed by atoms with Crippen LogP contribution in [0.1, 0.15) is 25.0 Å². The number of anilines is 1. The molecule has 2 saturated heterocycles. The first kappa shape index (κ1) is 19.2. The summed E-state index contributed by atoms with van der Waals surface area (Å²) in [5, 5.41) is 7.30. The maximum absolute atomic E-state index is 15.2. The number of aromatic amines is 1. The van der Waals surface area contributed by atoms with Crippen LogP contribution >= 0.6 is 0 Å². The van der Waals surface area contributed by atoms with E-state index in [0.29, 0.717) is 29.9 Å². The van der Waals surface area contributed by atoms with Crippen LogP contribution in [0.5, 0.6) is 0 Å². The lowest BCUT2D eigenvalue weighted by Gasteiger charge is -2.33. The molecule has 0 saturated carbocycles. The van der Waals surface area contributed by atoms with Crippen molar-refractivity contribution in [3.05, 3.63) is 54.0 Å². The molecule has 0 unspecified atom stereocenters. The quantitative estimate of drug-likeness (QED) is 0.678. The Kier molecular flexibility index (Phi) is 4.77. The van der Waals surface area contributed by atoms with E-state index in [-0.39, 0.29) is 11.1 Å². The molecule has 0 aliphatic carbocycles. The molecule has 5 nitrogen and oxygen atoms in total. The van der Waals surface area contributed by atoms with Crippen LogP contribution in [-0.4, -0.2) is 41.5 Å². The van der Waals surface area contributed by atoms with Crippen molar-refractivity contribution in [2.75, 3.05) is 31.2 Å². The highest BCUT2D eigenvalue weighted by Crippen LogP contribution is 2.43. The van der Waals surface area contributed by atoms with Crippen molar-refractivity contribution < 1.29 is 13.5 Å². The molecule has 2 fully saturated rings. The molecule has 3 aromatic rings. The van der Waals surface area contributed by atoms with Crippen LogP contribution in [-0.2, 0) is 4.74 Å². The number of halogens is 2. The van der Waals surface area contributed by atoms with Gasteiger partial charge in [-0.3, -0.25) is 10.1 Å². The monoisotopic (exact) mass is 410 g/mol. The van der Waals surface area contributed by atoms with Gasteiger partial charge in [-0.05, 0) is 61.4 Å². The molecule has 2 aromatic heterocycles. The maximum atomic E-state index is 15.2. The summed E-state index contributed by atoms with van der Waals surface area (Å²) in [5.41, 5.74) is 3.63. The van der Waals surface area contributed by atoms with Crippen LogP contribution in [0.4, 0.5) is 14.5 Å². The number of benzene rings is 1. The zero-order valence-corrected chi connectivity index (χ0v) is 16.9. The van der Waals surface area contributed by atoms with Crippen molar-refractivity contribution in [2.45, 2.75) is 26.2 Å². The van der Waals surface area contributed by atoms with Gasteiger partial charge in [-0.25, -0.2) is 8.78 Å². The molecule has 30 heavy (non-hydrogen) atoms. The average Bonchev–Trinajstić information content (AvgIpc) is 3.32. The summed E-state index contributed by atoms with van der Waals surface area (Å²) < 4.78 is 35.9. The normalized spacial score (nSPS) is 18.3. The highest BCUT2D eigenvalue weighted by Gasteiger charge is 2.40. The van der Waals surface area contributed by atoms with Crippen LogP contribution in [0.25, 0.3) is 22.4 Å². The van der Waals surface area contributed by atoms with Gasteiger partial charge in [-0.2, -0.15) is 5.10 Å². The van der Waals surface area contributed by atoms with Gasteiger partial charge in [0.15, 0.2) is 0 Å². The topological polar surface area (TPSA) is 54.0 Å². The molecule has 0 bridgehead atoms. The first-order valence-corrected chi connectivity index (χ1v) is 10.3. The number of pyridine rings is 1. The predicted molar refractivity (Wildman–Crippen MR) is 111 cm³/mol. The fourth-order valence-corrected chi connectivity index (χ4v) is 4.85. The van der Waals surface area contributed by atoms with Gasteiger partial charge in [0, 0.05) is 55.5 Å². The SMILES string of the molecule is Cc1[nH]nc(-c2ccncc2)c1-c1cc(F)c(N2CCC3(CCOCC3)C2)c(F)c1. The first-order chi connectivity index (χ1) is 14.6. The maximum Gasteiger partial charge on any atom is 0.150 e. The van der Waals surface area contributed by atoms with Crippen LogP contribution in [0, 0.1) is 24.0 Å². The van der Waals surface area contributed by atoms with E-state index < -0.39 is 11.6 Å². The summed E-state index contributed by atoms with van der Waals surface area (Å²) >= 11 is 0. The lowest BCUT2D eigenvalue weighted by atomic mass is 9.80. The molecule has 0 amide bonds. The number of ether oxygens (including phenoxy) is 1. The first-order valence-electron chi connectivity index (χ1n) is 10.3. The molecule has 0 atom stereocenters. The minimum Gasteiger partial charge on any atom is -0.381 e. The number of hydrogen-bond donors (Lipinski definition) is 1. The van der Waals surface area contributed by atoms with E-state index in [1.165, 1.54) is 12.1 Å². The molecular weight excluding hydrogens is 386 g/mol. The third-order valence-electron chi connectivity index (χ3n) is 6.51. The molecular formula is C23H24F2N4O. The largest absolute Gasteiger partial charge is 0.381 e. The summed E-state index contributed by atoms with van der Waals surface area (Å²) in [6, 6.07) is 6.52. The lowest BCUT2D eigenvalue weighted by Crippen LogP contribution is -2.33. The second-order valence-corrected chi connectivity index (χ2v) is 8.38. The number of nitrogens with zero attached hydrogens (tertiary/aromatic N) is 3. The Bertz CT molecular complexity index is 1040. The summed E-state index contributed by atoms with van der Waals surface area (Å²) in [6.45, 7) is 4.66. The number of hydrogen-bond acceptors (Lipinski definition) is 4. The highest BCUT2D eigenvalue weighted by molar-refractivity contribution is 5.83. The number of aromatic nitrogens is 3. The molecule has 156 valence electrons. The third-order valence-corrected chi connectivity index (χ3v) is 6.51. The molecule has 0 radical (unpaired) electrons. The van der Waals surface area contributed by atoms with Gasteiger partial charge in [0.05, 0.1) is 0 Å². The molecule has 4 heterocycles. The fraction of sp³-hybridized carbons (Fsp3) is 0.391. The van der Waals surface area contributed by atoms with Gasteiger partial charge in [0.1, 0.15) is 23.0 Å². The highest BCUT2D eigenvalue weighted by atomic mass is 19.1. The smallest absolute Gasteiger partial charge is 0.150 e. The van der Waals surface area contributed by atoms with E-state index >= 15 is 8.78 Å².